The summed E-state index contributed by atoms with van der Waals surface area (Å²) in [6.45, 7) is 18.4. The Labute approximate surface area is 218 Å². The number of aliphatic hydroxyl groups is 2. The summed E-state index contributed by atoms with van der Waals surface area (Å²) in [6.07, 6.45) is 0.351. The standard InChI is InChI=1S/C28H52N2O6/c1-10-22-27(8,33)24(31)21(6)30(9)16-17(2)15-26(7)20(5)18(3)23(19(4)25(32)34-22)35-28(36-26)11-13-29-14-12-28/h17-24,29,31,33H,10-16H2,1-9H3/t17-,18-,19-,20?,21-,22-,23+,24-,26+,27-/m1/s1. The molecule has 210 valence electrons. The average molecular weight is 513 g/mol. The first-order chi connectivity index (χ1) is 16.7. The number of rotatable bonds is 1. The van der Waals surface area contributed by atoms with E-state index < -0.39 is 41.1 Å². The molecule has 0 aromatic heterocycles. The summed E-state index contributed by atoms with van der Waals surface area (Å²) in [7, 11) is 1.98. The molecule has 3 fully saturated rings. The van der Waals surface area contributed by atoms with Gasteiger partial charge in [0.15, 0.2) is 5.79 Å². The molecule has 36 heavy (non-hydrogen) atoms. The van der Waals surface area contributed by atoms with Crippen molar-refractivity contribution in [2.24, 2.45) is 23.7 Å². The van der Waals surface area contributed by atoms with Crippen molar-refractivity contribution in [3.63, 3.8) is 0 Å². The number of hydrogen-bond donors (Lipinski definition) is 3. The number of carbonyl (C=O) groups excluding carboxylic acids is 1. The molecule has 1 unspecified atom stereocenters. The topological polar surface area (TPSA) is 100 Å². The van der Waals surface area contributed by atoms with Gasteiger partial charge in [-0.3, -0.25) is 4.79 Å². The lowest BCUT2D eigenvalue weighted by Gasteiger charge is -2.46. The maximum absolute atomic E-state index is 13.6. The largest absolute Gasteiger partial charge is 0.459 e. The van der Waals surface area contributed by atoms with E-state index in [0.29, 0.717) is 6.42 Å². The van der Waals surface area contributed by atoms with Crippen LogP contribution in [0.3, 0.4) is 0 Å². The number of ether oxygens (including phenoxy) is 3. The van der Waals surface area contributed by atoms with Crippen LogP contribution in [0.2, 0.25) is 0 Å². The molecule has 0 aliphatic carbocycles. The van der Waals surface area contributed by atoms with Gasteiger partial charge in [0.1, 0.15) is 17.8 Å². The van der Waals surface area contributed by atoms with Crippen molar-refractivity contribution in [3.05, 3.63) is 0 Å². The molecule has 2 bridgehead atoms. The van der Waals surface area contributed by atoms with Crippen molar-refractivity contribution in [2.45, 2.75) is 122 Å². The molecule has 3 saturated heterocycles. The van der Waals surface area contributed by atoms with E-state index in [2.05, 4.69) is 37.9 Å². The van der Waals surface area contributed by atoms with E-state index in [4.69, 9.17) is 14.2 Å². The van der Waals surface area contributed by atoms with Crippen LogP contribution in [0.5, 0.6) is 0 Å². The van der Waals surface area contributed by atoms with E-state index in [1.54, 1.807) is 6.92 Å². The maximum atomic E-state index is 13.6. The molecule has 3 heterocycles. The second-order valence-electron chi connectivity index (χ2n) is 12.6. The van der Waals surface area contributed by atoms with Crippen molar-refractivity contribution in [2.75, 3.05) is 26.7 Å². The maximum Gasteiger partial charge on any atom is 0.311 e. The summed E-state index contributed by atoms with van der Waals surface area (Å²) >= 11 is 0. The number of esters is 1. The lowest BCUT2D eigenvalue weighted by atomic mass is 9.73. The fraction of sp³-hybridized carbons (Fsp3) is 0.964. The van der Waals surface area contributed by atoms with E-state index in [0.717, 1.165) is 38.9 Å². The van der Waals surface area contributed by atoms with Crippen molar-refractivity contribution < 1.29 is 29.2 Å². The third-order valence-corrected chi connectivity index (χ3v) is 9.66. The van der Waals surface area contributed by atoms with Crippen molar-refractivity contribution in [1.82, 2.24) is 10.2 Å². The molecule has 1 spiro atoms. The predicted octanol–water partition coefficient (Wildman–Crippen LogP) is 2.94. The zero-order valence-corrected chi connectivity index (χ0v) is 24.0. The molecule has 10 atom stereocenters. The zero-order valence-electron chi connectivity index (χ0n) is 24.0. The average Bonchev–Trinajstić information content (AvgIpc) is 2.89. The summed E-state index contributed by atoms with van der Waals surface area (Å²) < 4.78 is 19.8. The van der Waals surface area contributed by atoms with Gasteiger partial charge in [0.05, 0.1) is 17.6 Å². The Morgan fingerprint density at radius 2 is 1.72 bits per heavy atom. The number of nitrogens with one attached hydrogen (secondary N) is 1. The van der Waals surface area contributed by atoms with Gasteiger partial charge in [0.25, 0.3) is 0 Å². The molecule has 3 N–H and O–H groups in total. The molecule has 0 aromatic carbocycles. The van der Waals surface area contributed by atoms with Crippen LogP contribution in [0.15, 0.2) is 0 Å². The van der Waals surface area contributed by atoms with Crippen LogP contribution in [0.4, 0.5) is 0 Å². The first-order valence-electron chi connectivity index (χ1n) is 14.1. The number of cyclic esters (lactones) is 1. The Morgan fingerprint density at radius 1 is 1.11 bits per heavy atom. The van der Waals surface area contributed by atoms with Gasteiger partial charge in [-0.2, -0.15) is 0 Å². The quantitative estimate of drug-likeness (QED) is 0.461. The van der Waals surface area contributed by atoms with Crippen LogP contribution in [-0.2, 0) is 19.0 Å². The Balaban J connectivity index is 2.08. The molecular formula is C28H52N2O6. The van der Waals surface area contributed by atoms with Crippen LogP contribution in [-0.4, -0.2) is 89.1 Å². The van der Waals surface area contributed by atoms with Crippen molar-refractivity contribution >= 4 is 5.97 Å². The number of fused-ring (bicyclic) bond motifs is 3. The van der Waals surface area contributed by atoms with Gasteiger partial charge in [-0.15, -0.1) is 0 Å². The second kappa shape index (κ2) is 11.1. The number of nitrogens with zero attached hydrogens (tertiary/aromatic N) is 1. The molecule has 0 amide bonds. The van der Waals surface area contributed by atoms with Gasteiger partial charge in [0, 0.05) is 38.5 Å². The Hall–Kier alpha value is -0.770. The molecule has 0 radical (unpaired) electrons. The number of aliphatic hydroxyl groups excluding tert-OH is 1. The van der Waals surface area contributed by atoms with Gasteiger partial charge in [-0.25, -0.2) is 0 Å². The highest BCUT2D eigenvalue weighted by Crippen LogP contribution is 2.47. The second-order valence-corrected chi connectivity index (χ2v) is 12.6. The van der Waals surface area contributed by atoms with Gasteiger partial charge in [-0.05, 0) is 65.3 Å². The first-order valence-corrected chi connectivity index (χ1v) is 14.1. The highest BCUT2D eigenvalue weighted by atomic mass is 16.7. The fourth-order valence-corrected chi connectivity index (χ4v) is 6.88. The van der Waals surface area contributed by atoms with Crippen molar-refractivity contribution in [1.29, 1.82) is 0 Å². The Morgan fingerprint density at radius 3 is 2.31 bits per heavy atom. The fourth-order valence-electron chi connectivity index (χ4n) is 6.88. The van der Waals surface area contributed by atoms with E-state index in [-0.39, 0.29) is 29.9 Å². The van der Waals surface area contributed by atoms with E-state index in [1.165, 1.54) is 0 Å². The molecule has 8 nitrogen and oxygen atoms in total. The van der Waals surface area contributed by atoms with Gasteiger partial charge in [0.2, 0.25) is 0 Å². The minimum atomic E-state index is -1.60. The van der Waals surface area contributed by atoms with Crippen LogP contribution in [0.1, 0.15) is 81.1 Å². The lowest BCUT2D eigenvalue weighted by Crippen LogP contribution is -2.59. The molecule has 3 aliphatic heterocycles. The van der Waals surface area contributed by atoms with E-state index in [9.17, 15) is 15.0 Å². The summed E-state index contributed by atoms with van der Waals surface area (Å²) in [5, 5.41) is 26.0. The monoisotopic (exact) mass is 512 g/mol. The SMILES string of the molecule is CC[C@H]1OC(=O)[C@H](C)[C@H]2OC3(CCNCC3)O[C@@](C)(C[C@@H](C)CN(C)[C@H](C)[C@@H](O)[C@]1(C)O)C(C)[C@H]2C. The molecule has 3 rings (SSSR count). The summed E-state index contributed by atoms with van der Waals surface area (Å²) in [6, 6.07) is -0.332. The number of hydrogen-bond acceptors (Lipinski definition) is 8. The molecule has 3 aliphatic rings. The van der Waals surface area contributed by atoms with Gasteiger partial charge >= 0.3 is 5.97 Å². The van der Waals surface area contributed by atoms with Gasteiger partial charge < -0.3 is 34.6 Å². The summed E-state index contributed by atoms with van der Waals surface area (Å²) in [5.74, 6) is -1.25. The number of carbonyl (C=O) groups is 1. The Bertz CT molecular complexity index is 756. The molecule has 0 saturated carbocycles. The van der Waals surface area contributed by atoms with Gasteiger partial charge in [-0.1, -0.05) is 27.7 Å². The minimum absolute atomic E-state index is 0.0481. The first kappa shape index (κ1) is 29.8. The normalized spacial score (nSPS) is 47.6. The molecule has 0 aromatic rings. The zero-order chi connectivity index (χ0) is 27.1. The van der Waals surface area contributed by atoms with Crippen molar-refractivity contribution in [3.8, 4) is 0 Å². The molecular weight excluding hydrogens is 460 g/mol. The number of piperidine rings is 1. The third kappa shape index (κ3) is 5.79. The summed E-state index contributed by atoms with van der Waals surface area (Å²) in [5.41, 5.74) is -2.05. The highest BCUT2D eigenvalue weighted by molar-refractivity contribution is 5.73. The minimum Gasteiger partial charge on any atom is -0.459 e. The smallest absolute Gasteiger partial charge is 0.311 e. The van der Waals surface area contributed by atoms with Crippen LogP contribution >= 0.6 is 0 Å². The van der Waals surface area contributed by atoms with Crippen LogP contribution < -0.4 is 5.32 Å². The highest BCUT2D eigenvalue weighted by Gasteiger charge is 2.54. The Kier molecular flexibility index (Phi) is 9.22. The molecule has 8 heteroatoms. The predicted molar refractivity (Wildman–Crippen MR) is 139 cm³/mol. The number of likely N-dealkylation sites (N-methyl/N-ethyl adjacent to an activating group) is 1. The van der Waals surface area contributed by atoms with E-state index in [1.807, 2.05) is 27.8 Å². The summed E-state index contributed by atoms with van der Waals surface area (Å²) in [4.78, 5) is 15.6. The van der Waals surface area contributed by atoms with Crippen LogP contribution in [0, 0.1) is 23.7 Å². The van der Waals surface area contributed by atoms with Crippen LogP contribution in [0.25, 0.3) is 0 Å². The third-order valence-electron chi connectivity index (χ3n) is 9.66. The van der Waals surface area contributed by atoms with E-state index >= 15 is 0 Å². The lowest BCUT2D eigenvalue weighted by molar-refractivity contribution is -0.307.